The molecule has 0 bridgehead atoms. The van der Waals surface area contributed by atoms with Crippen LogP contribution in [0.3, 0.4) is 0 Å². The zero-order chi connectivity index (χ0) is 55.4. The average Bonchev–Trinajstić information content (AvgIpc) is 3.99. The Labute approximate surface area is 435 Å². The lowest BCUT2D eigenvalue weighted by molar-refractivity contribution is -0.141. The maximum atomic E-state index is 14.1. The van der Waals surface area contributed by atoms with E-state index in [-0.39, 0.29) is 62.5 Å². The van der Waals surface area contributed by atoms with Crippen molar-refractivity contribution in [2.24, 2.45) is 17.2 Å². The Kier molecular flexibility index (Phi) is 20.0. The number of nitrogens with two attached hydrogens (primary N) is 3. The average molecular weight is 1070 g/mol. The number of carbonyl (C=O) groups is 4. The topological polar surface area (TPSA) is 208 Å². The summed E-state index contributed by atoms with van der Waals surface area (Å²) in [6, 6.07) is 23.0. The smallest absolute Gasteiger partial charge is 0.366 e. The molecule has 4 aromatic carbocycles. The Morgan fingerprint density at radius 1 is 0.597 bits per heavy atom. The molecule has 4 aromatic heterocycles. The van der Waals surface area contributed by atoms with Gasteiger partial charge in [0.2, 0.25) is 0 Å². The zero-order valence-electron chi connectivity index (χ0n) is 40.3. The molecule has 77 heavy (non-hydrogen) atoms. The van der Waals surface area contributed by atoms with Crippen LogP contribution in [0.5, 0.6) is 0 Å². The number of hydrogen-bond donors (Lipinski definition) is 3. The van der Waals surface area contributed by atoms with Crippen LogP contribution in [0.25, 0.3) is 22.3 Å². The molecule has 6 N–H and O–H groups in total. The molecular formula is C55H50F9N9O4. The van der Waals surface area contributed by atoms with Crippen LogP contribution in [-0.2, 0) is 41.7 Å². The van der Waals surface area contributed by atoms with Crippen LogP contribution >= 0.6 is 0 Å². The van der Waals surface area contributed by atoms with Crippen LogP contribution in [0.4, 0.5) is 39.5 Å². The molecule has 0 unspecified atom stereocenters. The predicted molar refractivity (Wildman–Crippen MR) is 267 cm³/mol. The van der Waals surface area contributed by atoms with E-state index in [0.29, 0.717) is 44.8 Å². The third kappa shape index (κ3) is 16.6. The second-order valence-electron chi connectivity index (χ2n) is 17.3. The van der Waals surface area contributed by atoms with Gasteiger partial charge in [-0.1, -0.05) is 31.7 Å². The number of amides is 2. The molecule has 0 aliphatic carbocycles. The highest BCUT2D eigenvalue weighted by Gasteiger charge is 2.33. The number of carbonyl (C=O) groups excluding carboxylic acids is 4. The molecule has 402 valence electrons. The molecular weight excluding hydrogens is 1020 g/mol. The number of alkyl halides is 3. The standard InChI is InChI=1S/C27H23F3N4O2.C20H16F3N3O.C7H7F3N2O.CH4/c1-16-6-8-34(33-16)15-22(35)12-19(9-17-10-20(28)14-21(29)11-17)26-23(3-2-7-32-26)18-4-5-25(30)24(13-18)27(31)36;21-13-6-11(7-14(22)10-13)8-18(24)19-15(2-1-5-26-19)12-3-4-17(23)16(9-12)20(25)27;1-5(13)4-12-3-2-6(11-12)7(8,9)10;/h2-8,10-11,13-14,19H,9,12,15H2,1H3,(H2,31,36);1-7,9-10,18H,8,24H2,(H2,25,27);2-3H,4H2,1H3;1H4/t19-;18-;;/m10../s1. The molecule has 0 fully saturated rings. The first kappa shape index (κ1) is 59.1. The monoisotopic (exact) mass is 1070 g/mol. The molecule has 22 heteroatoms. The maximum absolute atomic E-state index is 14.1. The molecule has 13 nitrogen and oxygen atoms in total. The molecule has 0 saturated heterocycles. The van der Waals surface area contributed by atoms with Gasteiger partial charge in [-0.05, 0) is 122 Å². The van der Waals surface area contributed by atoms with E-state index in [4.69, 9.17) is 17.2 Å². The van der Waals surface area contributed by atoms with Gasteiger partial charge in [0.15, 0.2) is 17.3 Å². The first-order valence-corrected chi connectivity index (χ1v) is 22.8. The van der Waals surface area contributed by atoms with Crippen LogP contribution in [0, 0.1) is 41.8 Å². The third-order valence-electron chi connectivity index (χ3n) is 11.2. The van der Waals surface area contributed by atoms with Gasteiger partial charge in [0, 0.05) is 60.4 Å². The van der Waals surface area contributed by atoms with Crippen molar-refractivity contribution >= 4 is 23.4 Å². The van der Waals surface area contributed by atoms with Crippen molar-refractivity contribution in [3.05, 3.63) is 214 Å². The van der Waals surface area contributed by atoms with Gasteiger partial charge in [0.1, 0.15) is 34.9 Å². The molecule has 2 atom stereocenters. The summed E-state index contributed by atoms with van der Waals surface area (Å²) in [5.74, 6) is -7.11. The van der Waals surface area contributed by atoms with E-state index in [9.17, 15) is 58.7 Å². The van der Waals surface area contributed by atoms with E-state index < -0.39 is 70.5 Å². The fraction of sp³-hybridized carbons (Fsp3) is 0.200. The number of primary amides is 2. The molecule has 0 radical (unpaired) electrons. The number of aromatic nitrogens is 6. The number of hydrogen-bond acceptors (Lipinski definition) is 9. The van der Waals surface area contributed by atoms with Crippen LogP contribution in [0.1, 0.15) is 87.3 Å². The lowest BCUT2D eigenvalue weighted by Crippen LogP contribution is -2.17. The van der Waals surface area contributed by atoms with Crippen LogP contribution in [0.15, 0.2) is 134 Å². The summed E-state index contributed by atoms with van der Waals surface area (Å²) in [4.78, 5) is 55.4. The summed E-state index contributed by atoms with van der Waals surface area (Å²) in [6.07, 6.45) is 1.72. The van der Waals surface area contributed by atoms with E-state index in [2.05, 4.69) is 20.2 Å². The number of Topliss-reactive ketones (excluding diaryl/α,β-unsaturated/α-hetero) is 2. The summed E-state index contributed by atoms with van der Waals surface area (Å²) < 4.78 is 121. The highest BCUT2D eigenvalue weighted by atomic mass is 19.4. The van der Waals surface area contributed by atoms with Crippen molar-refractivity contribution in [2.75, 3.05) is 0 Å². The fourth-order valence-corrected chi connectivity index (χ4v) is 7.97. The minimum Gasteiger partial charge on any atom is -0.366 e. The van der Waals surface area contributed by atoms with E-state index in [1.165, 1.54) is 72.5 Å². The van der Waals surface area contributed by atoms with Crippen molar-refractivity contribution in [3.8, 4) is 22.3 Å². The number of halogens is 9. The predicted octanol–water partition coefficient (Wildman–Crippen LogP) is 10.4. The van der Waals surface area contributed by atoms with Crippen LogP contribution in [-0.4, -0.2) is 52.9 Å². The highest BCUT2D eigenvalue weighted by Crippen LogP contribution is 2.34. The van der Waals surface area contributed by atoms with Crippen molar-refractivity contribution in [1.82, 2.24) is 29.5 Å². The first-order chi connectivity index (χ1) is 35.9. The zero-order valence-corrected chi connectivity index (χ0v) is 40.3. The lowest BCUT2D eigenvalue weighted by Gasteiger charge is -2.20. The Morgan fingerprint density at radius 3 is 1.52 bits per heavy atom. The summed E-state index contributed by atoms with van der Waals surface area (Å²) in [5, 5.41) is 7.43. The number of pyridine rings is 2. The van der Waals surface area contributed by atoms with Crippen molar-refractivity contribution in [3.63, 3.8) is 0 Å². The van der Waals surface area contributed by atoms with Gasteiger partial charge in [-0.3, -0.25) is 38.5 Å². The summed E-state index contributed by atoms with van der Waals surface area (Å²) in [6.45, 7) is 2.99. The first-order valence-electron chi connectivity index (χ1n) is 22.8. The van der Waals surface area contributed by atoms with E-state index in [0.717, 1.165) is 46.9 Å². The Balaban J connectivity index is 0.000000234. The largest absolute Gasteiger partial charge is 0.435 e. The normalized spacial score (nSPS) is 11.7. The quantitative estimate of drug-likeness (QED) is 0.0786. The van der Waals surface area contributed by atoms with E-state index in [1.54, 1.807) is 36.5 Å². The van der Waals surface area contributed by atoms with Gasteiger partial charge in [-0.15, -0.1) is 0 Å². The summed E-state index contributed by atoms with van der Waals surface area (Å²) >= 11 is 0. The van der Waals surface area contributed by atoms with Gasteiger partial charge in [-0.25, -0.2) is 26.3 Å². The number of rotatable bonds is 16. The molecule has 2 amide bonds. The summed E-state index contributed by atoms with van der Waals surface area (Å²) in [7, 11) is 0. The molecule has 8 rings (SSSR count). The van der Waals surface area contributed by atoms with E-state index in [1.807, 2.05) is 6.92 Å². The lowest BCUT2D eigenvalue weighted by atomic mass is 9.86. The summed E-state index contributed by atoms with van der Waals surface area (Å²) in [5.41, 5.74) is 19.7. The Morgan fingerprint density at radius 2 is 1.06 bits per heavy atom. The molecule has 4 heterocycles. The number of aryl methyl sites for hydroxylation is 1. The molecule has 0 saturated carbocycles. The molecule has 0 spiro atoms. The molecule has 0 aliphatic heterocycles. The maximum Gasteiger partial charge on any atom is 0.435 e. The van der Waals surface area contributed by atoms with Crippen molar-refractivity contribution in [2.45, 2.75) is 71.8 Å². The number of benzene rings is 4. The van der Waals surface area contributed by atoms with Crippen molar-refractivity contribution in [1.29, 1.82) is 0 Å². The van der Waals surface area contributed by atoms with E-state index >= 15 is 0 Å². The van der Waals surface area contributed by atoms with Gasteiger partial charge in [0.05, 0.1) is 47.3 Å². The SMILES string of the molecule is C.CC(=O)Cn1ccc(C(F)(F)F)n1.Cc1ccn(CC(=O)C[C@@H](Cc2cc(F)cc(F)c2)c2ncccc2-c2ccc(F)c(C(N)=O)c2)n1.NC(=O)c1cc(-c2cccnc2[C@@H](N)Cc2cc(F)cc(F)c2)ccc1F. The van der Waals surface area contributed by atoms with Gasteiger partial charge in [0.25, 0.3) is 11.8 Å². The fourth-order valence-electron chi connectivity index (χ4n) is 7.97. The van der Waals surface area contributed by atoms with Gasteiger partial charge in [-0.2, -0.15) is 23.4 Å². The number of ketones is 2. The third-order valence-corrected chi connectivity index (χ3v) is 11.2. The number of nitrogens with zero attached hydrogens (tertiary/aromatic N) is 6. The Hall–Kier alpha value is -8.79. The van der Waals surface area contributed by atoms with Crippen LogP contribution < -0.4 is 17.2 Å². The second kappa shape index (κ2) is 26.1. The molecule has 8 aromatic rings. The minimum atomic E-state index is -4.44. The van der Waals surface area contributed by atoms with Crippen molar-refractivity contribution < 1.29 is 58.7 Å². The minimum absolute atomic E-state index is 0. The Bertz CT molecular complexity index is 3360. The molecule has 0 aliphatic rings. The van der Waals surface area contributed by atoms with Crippen LogP contribution in [0.2, 0.25) is 0 Å². The van der Waals surface area contributed by atoms with Gasteiger partial charge < -0.3 is 17.2 Å². The van der Waals surface area contributed by atoms with Gasteiger partial charge >= 0.3 is 6.18 Å². The highest BCUT2D eigenvalue weighted by molar-refractivity contribution is 5.95. The second-order valence-corrected chi connectivity index (χ2v) is 17.3.